The van der Waals surface area contributed by atoms with Crippen molar-refractivity contribution in [1.29, 1.82) is 0 Å². The van der Waals surface area contributed by atoms with E-state index in [0.29, 0.717) is 17.0 Å². The number of carbonyl (C=O) groups is 2. The van der Waals surface area contributed by atoms with E-state index >= 15 is 0 Å². The van der Waals surface area contributed by atoms with Crippen LogP contribution in [0.5, 0.6) is 0 Å². The van der Waals surface area contributed by atoms with Gasteiger partial charge in [0.1, 0.15) is 5.60 Å². The van der Waals surface area contributed by atoms with Crippen LogP contribution in [0.25, 0.3) is 0 Å². The summed E-state index contributed by atoms with van der Waals surface area (Å²) in [5.74, 6) is 0.416. The van der Waals surface area contributed by atoms with Crippen molar-refractivity contribution in [2.24, 2.45) is 11.8 Å². The minimum atomic E-state index is -0.562. The largest absolute Gasteiger partial charge is 0.456 e. The van der Waals surface area contributed by atoms with Gasteiger partial charge in [0, 0.05) is 11.5 Å². The van der Waals surface area contributed by atoms with Crippen LogP contribution in [-0.2, 0) is 4.74 Å². The van der Waals surface area contributed by atoms with E-state index in [2.05, 4.69) is 6.92 Å². The van der Waals surface area contributed by atoms with Gasteiger partial charge in [-0.15, -0.1) is 0 Å². The molecular formula is C19H26O3. The molecule has 3 heteroatoms. The first-order valence-corrected chi connectivity index (χ1v) is 8.14. The van der Waals surface area contributed by atoms with Crippen LogP contribution in [0.4, 0.5) is 0 Å². The number of ether oxygens (including phenoxy) is 1. The van der Waals surface area contributed by atoms with E-state index in [1.807, 2.05) is 26.8 Å². The summed E-state index contributed by atoms with van der Waals surface area (Å²) in [6.45, 7) is 7.73. The molecule has 0 saturated heterocycles. The summed E-state index contributed by atoms with van der Waals surface area (Å²) in [7, 11) is 0. The molecule has 2 rings (SSSR count). The van der Waals surface area contributed by atoms with Gasteiger partial charge in [-0.2, -0.15) is 0 Å². The van der Waals surface area contributed by atoms with Crippen LogP contribution in [-0.4, -0.2) is 17.4 Å². The molecule has 120 valence electrons. The van der Waals surface area contributed by atoms with E-state index in [1.165, 1.54) is 0 Å². The molecule has 0 bridgehead atoms. The normalized spacial score (nSPS) is 22.2. The number of Topliss-reactive ketones (excluding diaryl/α,β-unsaturated/α-hetero) is 1. The Kier molecular flexibility index (Phi) is 5.05. The molecule has 1 fully saturated rings. The molecule has 0 N–H and O–H groups in total. The average molecular weight is 302 g/mol. The fraction of sp³-hybridized carbons (Fsp3) is 0.579. The SMILES string of the molecule is CC(C)(C)OC(=O)c1ccccc1C(=O)[C@H]1CC[C@H](C)CC1. The Bertz CT molecular complexity index is 546. The molecule has 22 heavy (non-hydrogen) atoms. The van der Waals surface area contributed by atoms with Crippen LogP contribution in [0.1, 0.15) is 74.1 Å². The van der Waals surface area contributed by atoms with Gasteiger partial charge in [-0.3, -0.25) is 4.79 Å². The lowest BCUT2D eigenvalue weighted by molar-refractivity contribution is 0.00673. The topological polar surface area (TPSA) is 43.4 Å². The van der Waals surface area contributed by atoms with Crippen LogP contribution in [0.2, 0.25) is 0 Å². The second-order valence-corrected chi connectivity index (χ2v) is 7.37. The zero-order valence-electron chi connectivity index (χ0n) is 14.0. The number of hydrogen-bond donors (Lipinski definition) is 0. The Balaban J connectivity index is 2.21. The number of rotatable bonds is 3. The highest BCUT2D eigenvalue weighted by molar-refractivity contribution is 6.07. The fourth-order valence-electron chi connectivity index (χ4n) is 2.95. The van der Waals surface area contributed by atoms with Crippen LogP contribution in [0, 0.1) is 11.8 Å². The molecule has 1 aliphatic carbocycles. The predicted octanol–water partition coefficient (Wildman–Crippen LogP) is 4.65. The van der Waals surface area contributed by atoms with Gasteiger partial charge in [0.2, 0.25) is 0 Å². The third kappa shape index (κ3) is 4.19. The molecule has 1 saturated carbocycles. The highest BCUT2D eigenvalue weighted by atomic mass is 16.6. The molecule has 0 heterocycles. The van der Waals surface area contributed by atoms with E-state index in [-0.39, 0.29) is 11.7 Å². The maximum atomic E-state index is 12.8. The van der Waals surface area contributed by atoms with E-state index in [1.54, 1.807) is 18.2 Å². The lowest BCUT2D eigenvalue weighted by atomic mass is 9.79. The molecule has 1 aromatic rings. The molecule has 0 aliphatic heterocycles. The van der Waals surface area contributed by atoms with Crippen molar-refractivity contribution < 1.29 is 14.3 Å². The molecule has 0 unspecified atom stereocenters. The van der Waals surface area contributed by atoms with Crippen molar-refractivity contribution in [2.75, 3.05) is 0 Å². The number of carbonyl (C=O) groups excluding carboxylic acids is 2. The quantitative estimate of drug-likeness (QED) is 0.603. The van der Waals surface area contributed by atoms with Crippen molar-refractivity contribution >= 4 is 11.8 Å². The molecule has 0 aromatic heterocycles. The highest BCUT2D eigenvalue weighted by Crippen LogP contribution is 2.31. The molecule has 1 aliphatic rings. The first-order chi connectivity index (χ1) is 10.3. The molecule has 0 atom stereocenters. The summed E-state index contributed by atoms with van der Waals surface area (Å²) in [6, 6.07) is 7.03. The standard InChI is InChI=1S/C19H26O3/c1-13-9-11-14(12-10-13)17(20)15-7-5-6-8-16(15)18(21)22-19(2,3)4/h5-8,13-14H,9-12H2,1-4H3/t13-,14-. The van der Waals surface area contributed by atoms with Gasteiger partial charge in [-0.25, -0.2) is 4.79 Å². The van der Waals surface area contributed by atoms with Crippen molar-refractivity contribution in [3.63, 3.8) is 0 Å². The first kappa shape index (κ1) is 16.7. The highest BCUT2D eigenvalue weighted by Gasteiger charge is 2.29. The Hall–Kier alpha value is -1.64. The van der Waals surface area contributed by atoms with E-state index in [0.717, 1.165) is 25.7 Å². The average Bonchev–Trinajstić information content (AvgIpc) is 2.45. The van der Waals surface area contributed by atoms with Crippen LogP contribution >= 0.6 is 0 Å². The van der Waals surface area contributed by atoms with E-state index in [9.17, 15) is 9.59 Å². The summed E-state index contributed by atoms with van der Waals surface area (Å²) in [4.78, 5) is 25.1. The first-order valence-electron chi connectivity index (χ1n) is 8.14. The van der Waals surface area contributed by atoms with Gasteiger partial charge in [0.25, 0.3) is 0 Å². The molecule has 3 nitrogen and oxygen atoms in total. The van der Waals surface area contributed by atoms with E-state index in [4.69, 9.17) is 4.74 Å². The summed E-state index contributed by atoms with van der Waals surface area (Å²) < 4.78 is 5.43. The number of benzene rings is 1. The van der Waals surface area contributed by atoms with Crippen molar-refractivity contribution in [3.05, 3.63) is 35.4 Å². The summed E-state index contributed by atoms with van der Waals surface area (Å²) >= 11 is 0. The number of esters is 1. The zero-order chi connectivity index (χ0) is 16.3. The molecule has 0 amide bonds. The van der Waals surface area contributed by atoms with Crippen LogP contribution < -0.4 is 0 Å². The minimum Gasteiger partial charge on any atom is -0.456 e. The minimum absolute atomic E-state index is 0.0415. The van der Waals surface area contributed by atoms with Crippen LogP contribution in [0.15, 0.2) is 24.3 Å². The maximum absolute atomic E-state index is 12.8. The van der Waals surface area contributed by atoms with Gasteiger partial charge in [0.15, 0.2) is 5.78 Å². The van der Waals surface area contributed by atoms with Crippen molar-refractivity contribution in [1.82, 2.24) is 0 Å². The summed E-state index contributed by atoms with van der Waals surface area (Å²) in [5.41, 5.74) is 0.338. The van der Waals surface area contributed by atoms with Crippen molar-refractivity contribution in [3.8, 4) is 0 Å². The van der Waals surface area contributed by atoms with Gasteiger partial charge in [-0.1, -0.05) is 38.0 Å². The van der Waals surface area contributed by atoms with Gasteiger partial charge in [-0.05, 0) is 45.6 Å². The summed E-state index contributed by atoms with van der Waals surface area (Å²) in [5, 5.41) is 0. The molecule has 1 aromatic carbocycles. The Morgan fingerprint density at radius 1 is 1.00 bits per heavy atom. The predicted molar refractivity (Wildman–Crippen MR) is 87.1 cm³/mol. The second kappa shape index (κ2) is 6.64. The van der Waals surface area contributed by atoms with Crippen molar-refractivity contribution in [2.45, 2.75) is 59.0 Å². The maximum Gasteiger partial charge on any atom is 0.339 e. The van der Waals surface area contributed by atoms with Gasteiger partial charge < -0.3 is 4.74 Å². The Labute approximate surface area is 133 Å². The fourth-order valence-corrected chi connectivity index (χ4v) is 2.95. The van der Waals surface area contributed by atoms with Gasteiger partial charge in [0.05, 0.1) is 5.56 Å². The third-order valence-electron chi connectivity index (χ3n) is 4.20. The number of ketones is 1. The van der Waals surface area contributed by atoms with Crippen LogP contribution in [0.3, 0.4) is 0 Å². The second-order valence-electron chi connectivity index (χ2n) is 7.37. The monoisotopic (exact) mass is 302 g/mol. The third-order valence-corrected chi connectivity index (χ3v) is 4.20. The Morgan fingerprint density at radius 2 is 1.55 bits per heavy atom. The molecule has 0 radical (unpaired) electrons. The zero-order valence-corrected chi connectivity index (χ0v) is 14.0. The number of hydrogen-bond acceptors (Lipinski definition) is 3. The molecular weight excluding hydrogens is 276 g/mol. The Morgan fingerprint density at radius 3 is 2.09 bits per heavy atom. The summed E-state index contributed by atoms with van der Waals surface area (Å²) in [6.07, 6.45) is 4.02. The lowest BCUT2D eigenvalue weighted by Gasteiger charge is -2.26. The molecule has 0 spiro atoms. The van der Waals surface area contributed by atoms with Gasteiger partial charge >= 0.3 is 5.97 Å². The van der Waals surface area contributed by atoms with E-state index < -0.39 is 11.6 Å². The lowest BCUT2D eigenvalue weighted by Crippen LogP contribution is -2.27. The smallest absolute Gasteiger partial charge is 0.339 e.